The molecule has 1 saturated heterocycles. The third-order valence-electron chi connectivity index (χ3n) is 9.94. The van der Waals surface area contributed by atoms with Crippen molar-refractivity contribution in [3.8, 4) is 0 Å². The molecule has 0 radical (unpaired) electrons. The van der Waals surface area contributed by atoms with Gasteiger partial charge >= 0.3 is 6.03 Å². The lowest BCUT2D eigenvalue weighted by molar-refractivity contribution is -0.127. The first-order chi connectivity index (χ1) is 26.0. The molecule has 3 aromatic carbocycles. The zero-order valence-corrected chi connectivity index (χ0v) is 33.4. The fourth-order valence-electron chi connectivity index (χ4n) is 7.21. The van der Waals surface area contributed by atoms with Gasteiger partial charge in [0.1, 0.15) is 5.60 Å². The predicted octanol–water partition coefficient (Wildman–Crippen LogP) is 8.31. The summed E-state index contributed by atoms with van der Waals surface area (Å²) in [6, 6.07) is 20.6. The smallest absolute Gasteiger partial charge is 0.320 e. The van der Waals surface area contributed by atoms with Gasteiger partial charge in [0.25, 0.3) is 0 Å². The van der Waals surface area contributed by atoms with E-state index in [-0.39, 0.29) is 18.7 Å². The molecule has 2 amide bonds. The SMILES string of the molecule is Cn1cncc1CN(C[C@H](CO)O[C@](C)(Cn1ccnc1)c1ccc(Cl)cc1Cl)C1CCN(C(=O)N(Cc2cccc(Cl)c2)Cc2cccc(Cl)c2)CC1. The van der Waals surface area contributed by atoms with Gasteiger partial charge in [-0.05, 0) is 67.3 Å². The molecule has 3 heterocycles. The molecule has 286 valence electrons. The zero-order chi connectivity index (χ0) is 38.2. The van der Waals surface area contributed by atoms with Crippen LogP contribution in [-0.4, -0.2) is 83.3 Å². The molecule has 10 nitrogen and oxygen atoms in total. The number of aryl methyl sites for hydroxylation is 1. The first-order valence-corrected chi connectivity index (χ1v) is 19.4. The molecule has 1 N–H and O–H groups in total. The van der Waals surface area contributed by atoms with Crippen LogP contribution in [0.2, 0.25) is 20.1 Å². The third kappa shape index (κ3) is 10.4. The summed E-state index contributed by atoms with van der Waals surface area (Å²) in [4.78, 5) is 28.9. The molecule has 0 spiro atoms. The van der Waals surface area contributed by atoms with Crippen LogP contribution in [0.4, 0.5) is 4.79 Å². The second-order valence-electron chi connectivity index (χ2n) is 14.1. The maximum Gasteiger partial charge on any atom is 0.320 e. The Morgan fingerprint density at radius 3 is 2.15 bits per heavy atom. The number of benzene rings is 3. The molecule has 2 aromatic heterocycles. The highest BCUT2D eigenvalue weighted by Crippen LogP contribution is 2.36. The topological polar surface area (TPSA) is 91.9 Å². The maximum absolute atomic E-state index is 14.2. The second kappa shape index (κ2) is 18.3. The normalized spacial score (nSPS) is 15.4. The standard InChI is InChI=1S/C40H45Cl4N7O3/c1-40(26-48-16-13-45-28-48,37-10-9-33(43)19-38(37)44)54-36(25-52)24-50(23-35-20-46-27-47(35)2)34-11-14-49(15-12-34)39(53)51(21-29-5-3-7-31(41)17-29)22-30-6-4-8-32(42)18-30/h3-10,13,16-20,27-28,34,36,52H,11-12,14-15,21-26H2,1-2H3/t36-,40-/m1/s1. The van der Waals surface area contributed by atoms with Crippen molar-refractivity contribution in [1.29, 1.82) is 0 Å². The number of piperidine rings is 1. The molecular formula is C40H45Cl4N7O3. The lowest BCUT2D eigenvalue weighted by Crippen LogP contribution is -2.52. The Labute approximate surface area is 336 Å². The number of likely N-dealkylation sites (tertiary alicyclic amines) is 1. The summed E-state index contributed by atoms with van der Waals surface area (Å²) in [6.07, 6.45) is 9.85. The molecule has 0 saturated carbocycles. The molecule has 6 rings (SSSR count). The van der Waals surface area contributed by atoms with Crippen molar-refractivity contribution in [2.24, 2.45) is 7.05 Å². The molecule has 14 heteroatoms. The summed E-state index contributed by atoms with van der Waals surface area (Å²) in [7, 11) is 1.97. The third-order valence-corrected chi connectivity index (χ3v) is 11.0. The van der Waals surface area contributed by atoms with Crippen molar-refractivity contribution >= 4 is 52.4 Å². The van der Waals surface area contributed by atoms with Crippen molar-refractivity contribution in [3.63, 3.8) is 0 Å². The van der Waals surface area contributed by atoms with E-state index in [1.54, 1.807) is 31.0 Å². The van der Waals surface area contributed by atoms with Gasteiger partial charge in [0.15, 0.2) is 0 Å². The minimum atomic E-state index is -0.931. The number of aliphatic hydroxyl groups is 1. The first kappa shape index (κ1) is 40.1. The number of nitrogens with zero attached hydrogens (tertiary/aromatic N) is 7. The average molecular weight is 814 g/mol. The molecule has 0 unspecified atom stereocenters. The number of hydrogen-bond acceptors (Lipinski definition) is 6. The van der Waals surface area contributed by atoms with E-state index in [0.717, 1.165) is 35.2 Å². The summed E-state index contributed by atoms with van der Waals surface area (Å²) in [6.45, 7) is 5.13. The highest BCUT2D eigenvalue weighted by atomic mass is 35.5. The monoisotopic (exact) mass is 811 g/mol. The Kier molecular flexibility index (Phi) is 13.6. The molecule has 2 atom stereocenters. The van der Waals surface area contributed by atoms with E-state index in [9.17, 15) is 9.90 Å². The van der Waals surface area contributed by atoms with Gasteiger partial charge in [-0.3, -0.25) is 4.90 Å². The van der Waals surface area contributed by atoms with Gasteiger partial charge in [-0.1, -0.05) is 76.7 Å². The zero-order valence-electron chi connectivity index (χ0n) is 30.4. The van der Waals surface area contributed by atoms with Crippen LogP contribution in [0.15, 0.2) is 98.0 Å². The van der Waals surface area contributed by atoms with Crippen molar-refractivity contribution in [2.75, 3.05) is 26.2 Å². The van der Waals surface area contributed by atoms with E-state index < -0.39 is 11.7 Å². The predicted molar refractivity (Wildman–Crippen MR) is 214 cm³/mol. The number of carbonyl (C=O) groups excluding carboxylic acids is 1. The lowest BCUT2D eigenvalue weighted by atomic mass is 9.94. The van der Waals surface area contributed by atoms with Crippen molar-refractivity contribution < 1.29 is 14.6 Å². The van der Waals surface area contributed by atoms with E-state index in [0.29, 0.717) is 65.9 Å². The van der Waals surface area contributed by atoms with E-state index in [1.165, 1.54) is 0 Å². The number of aromatic nitrogens is 4. The number of urea groups is 1. The molecule has 1 aliphatic rings. The maximum atomic E-state index is 14.2. The van der Waals surface area contributed by atoms with Gasteiger partial charge < -0.3 is 28.8 Å². The number of ether oxygens (including phenoxy) is 1. The summed E-state index contributed by atoms with van der Waals surface area (Å²) in [5.41, 5.74) is 2.75. The van der Waals surface area contributed by atoms with E-state index >= 15 is 0 Å². The largest absolute Gasteiger partial charge is 0.394 e. The highest BCUT2D eigenvalue weighted by Gasteiger charge is 2.36. The van der Waals surface area contributed by atoms with Crippen LogP contribution in [0.1, 0.15) is 42.1 Å². The van der Waals surface area contributed by atoms with Crippen molar-refractivity contribution in [1.82, 2.24) is 33.8 Å². The molecule has 0 aliphatic carbocycles. The van der Waals surface area contributed by atoms with Crippen LogP contribution in [-0.2, 0) is 43.6 Å². The van der Waals surface area contributed by atoms with Gasteiger partial charge in [-0.25, -0.2) is 14.8 Å². The summed E-state index contributed by atoms with van der Waals surface area (Å²) in [5.74, 6) is 0. The van der Waals surface area contributed by atoms with E-state index in [2.05, 4.69) is 14.9 Å². The number of aliphatic hydroxyl groups excluding tert-OH is 1. The molecule has 1 aliphatic heterocycles. The summed E-state index contributed by atoms with van der Waals surface area (Å²) in [5, 5.41) is 13.1. The fraction of sp³-hybridized carbons (Fsp3) is 0.375. The van der Waals surface area contributed by atoms with Crippen LogP contribution in [0.25, 0.3) is 0 Å². The molecule has 5 aromatic rings. The van der Waals surface area contributed by atoms with Gasteiger partial charge in [0.05, 0.1) is 37.6 Å². The molecular weight excluding hydrogens is 768 g/mol. The van der Waals surface area contributed by atoms with E-state index in [1.807, 2.05) is 99.9 Å². The van der Waals surface area contributed by atoms with Crippen LogP contribution in [0.5, 0.6) is 0 Å². The second-order valence-corrected chi connectivity index (χ2v) is 15.8. The van der Waals surface area contributed by atoms with Gasteiger partial charge in [-0.2, -0.15) is 0 Å². The van der Waals surface area contributed by atoms with Crippen LogP contribution >= 0.6 is 46.4 Å². The van der Waals surface area contributed by atoms with Crippen LogP contribution in [0, 0.1) is 0 Å². The van der Waals surface area contributed by atoms with Gasteiger partial charge in [-0.15, -0.1) is 0 Å². The lowest BCUT2D eigenvalue weighted by Gasteiger charge is -2.42. The Hall–Kier alpha value is -3.61. The molecule has 54 heavy (non-hydrogen) atoms. The Morgan fingerprint density at radius 1 is 0.926 bits per heavy atom. The highest BCUT2D eigenvalue weighted by molar-refractivity contribution is 6.35. The first-order valence-electron chi connectivity index (χ1n) is 17.9. The Balaban J connectivity index is 1.20. The van der Waals surface area contributed by atoms with Crippen molar-refractivity contribution in [2.45, 2.75) is 63.7 Å². The Morgan fingerprint density at radius 2 is 1.59 bits per heavy atom. The summed E-state index contributed by atoms with van der Waals surface area (Å²) < 4.78 is 10.8. The van der Waals surface area contributed by atoms with Gasteiger partial charge in [0, 0.05) is 96.6 Å². The molecule has 1 fully saturated rings. The number of amides is 2. The number of hydrogen-bond donors (Lipinski definition) is 1. The van der Waals surface area contributed by atoms with Crippen molar-refractivity contribution in [3.05, 3.63) is 140 Å². The van der Waals surface area contributed by atoms with Crippen LogP contribution < -0.4 is 0 Å². The summed E-state index contributed by atoms with van der Waals surface area (Å²) >= 11 is 25.7. The fourth-order valence-corrected chi connectivity index (χ4v) is 8.24. The average Bonchev–Trinajstić information content (AvgIpc) is 3.81. The Bertz CT molecular complexity index is 1940. The number of rotatable bonds is 15. The number of imidazole rings is 2. The molecule has 0 bridgehead atoms. The number of halogens is 4. The van der Waals surface area contributed by atoms with Gasteiger partial charge in [0.2, 0.25) is 0 Å². The quantitative estimate of drug-likeness (QED) is 0.114. The minimum Gasteiger partial charge on any atom is -0.394 e. The number of carbonyl (C=O) groups is 1. The van der Waals surface area contributed by atoms with E-state index in [4.69, 9.17) is 51.1 Å². The minimum absolute atomic E-state index is 0.0433. The van der Waals surface area contributed by atoms with Crippen LogP contribution in [0.3, 0.4) is 0 Å².